The van der Waals surface area contributed by atoms with Crippen molar-refractivity contribution in [1.82, 2.24) is 0 Å². The molecule has 0 aliphatic carbocycles. The molecule has 1 aliphatic rings. The summed E-state index contributed by atoms with van der Waals surface area (Å²) < 4.78 is 15.5. The first-order chi connectivity index (χ1) is 14.8. The van der Waals surface area contributed by atoms with Crippen LogP contribution in [0.1, 0.15) is 17.5 Å². The molecule has 2 aromatic rings. The third kappa shape index (κ3) is 5.14. The predicted octanol–water partition coefficient (Wildman–Crippen LogP) is 2.86. The van der Waals surface area contributed by atoms with Gasteiger partial charge in [-0.05, 0) is 49.2 Å². The van der Waals surface area contributed by atoms with Crippen LogP contribution < -0.4 is 19.7 Å². The standard InChI is InChI=1S/C23H26N2O6/c1-14-5-6-17(9-15(14)2)25-12-16(10-22(25)27)23(28)31-13-21(26)24-19-11-18(29-3)7-8-20(19)30-4/h5-9,11,16H,10,12-13H2,1-4H3,(H,24,26)/t16-/m0/s1. The zero-order valence-corrected chi connectivity index (χ0v) is 18.1. The largest absolute Gasteiger partial charge is 0.497 e. The Kier molecular flexibility index (Phi) is 6.79. The van der Waals surface area contributed by atoms with E-state index in [1.165, 1.54) is 14.2 Å². The van der Waals surface area contributed by atoms with Gasteiger partial charge >= 0.3 is 5.97 Å². The fourth-order valence-electron chi connectivity index (χ4n) is 3.36. The highest BCUT2D eigenvalue weighted by atomic mass is 16.5. The van der Waals surface area contributed by atoms with Crippen molar-refractivity contribution in [3.8, 4) is 11.5 Å². The van der Waals surface area contributed by atoms with Gasteiger partial charge in [-0.2, -0.15) is 0 Å². The van der Waals surface area contributed by atoms with Crippen LogP contribution in [0.2, 0.25) is 0 Å². The Bertz CT molecular complexity index is 1000. The second-order valence-corrected chi connectivity index (χ2v) is 7.40. The summed E-state index contributed by atoms with van der Waals surface area (Å²) in [5.41, 5.74) is 3.36. The van der Waals surface area contributed by atoms with Crippen molar-refractivity contribution >= 4 is 29.2 Å². The number of ether oxygens (including phenoxy) is 3. The van der Waals surface area contributed by atoms with E-state index in [0.29, 0.717) is 17.2 Å². The van der Waals surface area contributed by atoms with E-state index < -0.39 is 24.4 Å². The molecular formula is C23H26N2O6. The number of carbonyl (C=O) groups excluding carboxylic acids is 3. The van der Waals surface area contributed by atoms with E-state index in [2.05, 4.69) is 5.32 Å². The van der Waals surface area contributed by atoms with Crippen molar-refractivity contribution in [1.29, 1.82) is 0 Å². The Morgan fingerprint density at radius 2 is 1.84 bits per heavy atom. The first kappa shape index (κ1) is 22.1. The van der Waals surface area contributed by atoms with Crippen LogP contribution in [0.3, 0.4) is 0 Å². The molecule has 3 rings (SSSR count). The number of aryl methyl sites for hydroxylation is 2. The summed E-state index contributed by atoms with van der Waals surface area (Å²) in [6.45, 7) is 3.73. The number of amides is 2. The summed E-state index contributed by atoms with van der Waals surface area (Å²) in [5.74, 6) is -0.860. The molecule has 0 bridgehead atoms. The van der Waals surface area contributed by atoms with Gasteiger partial charge in [0, 0.05) is 24.7 Å². The molecule has 1 heterocycles. The summed E-state index contributed by atoms with van der Waals surface area (Å²) in [6.07, 6.45) is 0.0527. The van der Waals surface area contributed by atoms with Crippen molar-refractivity contribution in [2.75, 3.05) is 37.6 Å². The van der Waals surface area contributed by atoms with Crippen molar-refractivity contribution < 1.29 is 28.6 Å². The molecule has 164 valence electrons. The molecule has 0 saturated carbocycles. The minimum atomic E-state index is -0.617. The summed E-state index contributed by atoms with van der Waals surface area (Å²) >= 11 is 0. The molecule has 31 heavy (non-hydrogen) atoms. The summed E-state index contributed by atoms with van der Waals surface area (Å²) in [4.78, 5) is 38.7. The molecule has 8 heteroatoms. The van der Waals surface area contributed by atoms with E-state index in [1.807, 2.05) is 32.0 Å². The van der Waals surface area contributed by atoms with Crippen LogP contribution in [0.4, 0.5) is 11.4 Å². The normalized spacial score (nSPS) is 15.5. The number of anilines is 2. The van der Waals surface area contributed by atoms with Crippen molar-refractivity contribution in [2.24, 2.45) is 5.92 Å². The Hall–Kier alpha value is -3.55. The van der Waals surface area contributed by atoms with E-state index in [-0.39, 0.29) is 18.9 Å². The number of carbonyl (C=O) groups is 3. The number of nitrogens with one attached hydrogen (secondary N) is 1. The second kappa shape index (κ2) is 9.51. The number of esters is 1. The molecule has 1 N–H and O–H groups in total. The molecule has 1 saturated heterocycles. The first-order valence-electron chi connectivity index (χ1n) is 9.88. The van der Waals surface area contributed by atoms with E-state index in [1.54, 1.807) is 23.1 Å². The molecule has 0 unspecified atom stereocenters. The molecule has 1 aliphatic heterocycles. The Balaban J connectivity index is 1.57. The maximum atomic E-state index is 12.4. The molecule has 8 nitrogen and oxygen atoms in total. The lowest BCUT2D eigenvalue weighted by Gasteiger charge is -2.18. The maximum absolute atomic E-state index is 12.4. The summed E-state index contributed by atoms with van der Waals surface area (Å²) in [7, 11) is 3.00. The highest BCUT2D eigenvalue weighted by molar-refractivity contribution is 6.00. The van der Waals surface area contributed by atoms with Gasteiger partial charge in [0.2, 0.25) is 5.91 Å². The van der Waals surface area contributed by atoms with Gasteiger partial charge in [-0.1, -0.05) is 6.07 Å². The molecule has 0 spiro atoms. The minimum Gasteiger partial charge on any atom is -0.497 e. The average Bonchev–Trinajstić information content (AvgIpc) is 3.15. The van der Waals surface area contributed by atoms with E-state index in [4.69, 9.17) is 14.2 Å². The Morgan fingerprint density at radius 3 is 2.52 bits per heavy atom. The lowest BCUT2D eigenvalue weighted by atomic mass is 10.1. The number of rotatable bonds is 7. The Labute approximate surface area is 181 Å². The van der Waals surface area contributed by atoms with Crippen molar-refractivity contribution in [3.63, 3.8) is 0 Å². The predicted molar refractivity (Wildman–Crippen MR) is 116 cm³/mol. The fourth-order valence-corrected chi connectivity index (χ4v) is 3.36. The second-order valence-electron chi connectivity index (χ2n) is 7.40. The highest BCUT2D eigenvalue weighted by Crippen LogP contribution is 2.29. The minimum absolute atomic E-state index is 0.0527. The van der Waals surface area contributed by atoms with Crippen molar-refractivity contribution in [2.45, 2.75) is 20.3 Å². The molecular weight excluding hydrogens is 400 g/mol. The highest BCUT2D eigenvalue weighted by Gasteiger charge is 2.36. The zero-order chi connectivity index (χ0) is 22.5. The van der Waals surface area contributed by atoms with Crippen molar-refractivity contribution in [3.05, 3.63) is 47.5 Å². The zero-order valence-electron chi connectivity index (χ0n) is 18.1. The van der Waals surface area contributed by atoms with Gasteiger partial charge in [0.1, 0.15) is 11.5 Å². The number of benzene rings is 2. The van der Waals surface area contributed by atoms with Gasteiger partial charge in [-0.25, -0.2) is 0 Å². The molecule has 2 amide bonds. The topological polar surface area (TPSA) is 94.2 Å². The quantitative estimate of drug-likeness (QED) is 0.685. The SMILES string of the molecule is COc1ccc(OC)c(NC(=O)COC(=O)[C@H]2CC(=O)N(c3ccc(C)c(C)c3)C2)c1. The van der Waals surface area contributed by atoms with Gasteiger partial charge in [0.25, 0.3) is 5.91 Å². The number of hydrogen-bond donors (Lipinski definition) is 1. The first-order valence-corrected chi connectivity index (χ1v) is 9.88. The number of methoxy groups -OCH3 is 2. The monoisotopic (exact) mass is 426 g/mol. The van der Waals surface area contributed by atoms with Crippen LogP contribution in [0.15, 0.2) is 36.4 Å². The lowest BCUT2D eigenvalue weighted by molar-refractivity contribution is -0.151. The molecule has 2 aromatic carbocycles. The van der Waals surface area contributed by atoms with Crippen LogP contribution >= 0.6 is 0 Å². The van der Waals surface area contributed by atoms with E-state index >= 15 is 0 Å². The molecule has 1 atom stereocenters. The summed E-state index contributed by atoms with van der Waals surface area (Å²) in [5, 5.41) is 2.64. The van der Waals surface area contributed by atoms with E-state index in [0.717, 1.165) is 16.8 Å². The molecule has 0 radical (unpaired) electrons. The molecule has 0 aromatic heterocycles. The fraction of sp³-hybridized carbons (Fsp3) is 0.348. The third-order valence-corrected chi connectivity index (χ3v) is 5.29. The van der Waals surface area contributed by atoms with Crippen LogP contribution in [-0.4, -0.2) is 45.2 Å². The van der Waals surface area contributed by atoms with Crippen LogP contribution in [0.25, 0.3) is 0 Å². The van der Waals surface area contributed by atoms with Gasteiger partial charge in [-0.3, -0.25) is 14.4 Å². The van der Waals surface area contributed by atoms with Crippen LogP contribution in [-0.2, 0) is 19.1 Å². The third-order valence-electron chi connectivity index (χ3n) is 5.29. The van der Waals surface area contributed by atoms with Gasteiger partial charge in [0.15, 0.2) is 6.61 Å². The number of nitrogens with zero attached hydrogens (tertiary/aromatic N) is 1. The maximum Gasteiger partial charge on any atom is 0.311 e. The van der Waals surface area contributed by atoms with Crippen LogP contribution in [0, 0.1) is 19.8 Å². The Morgan fingerprint density at radius 1 is 1.06 bits per heavy atom. The summed E-state index contributed by atoms with van der Waals surface area (Å²) in [6, 6.07) is 10.7. The van der Waals surface area contributed by atoms with Crippen LogP contribution in [0.5, 0.6) is 11.5 Å². The van der Waals surface area contributed by atoms with Gasteiger partial charge in [-0.15, -0.1) is 0 Å². The lowest BCUT2D eigenvalue weighted by Crippen LogP contribution is -2.28. The molecule has 1 fully saturated rings. The average molecular weight is 426 g/mol. The number of hydrogen-bond acceptors (Lipinski definition) is 6. The van der Waals surface area contributed by atoms with Gasteiger partial charge < -0.3 is 24.4 Å². The van der Waals surface area contributed by atoms with Gasteiger partial charge in [0.05, 0.1) is 25.8 Å². The van der Waals surface area contributed by atoms with E-state index in [9.17, 15) is 14.4 Å². The smallest absolute Gasteiger partial charge is 0.311 e.